The van der Waals surface area contributed by atoms with Gasteiger partial charge in [-0.3, -0.25) is 4.90 Å². The van der Waals surface area contributed by atoms with Gasteiger partial charge in [0, 0.05) is 25.7 Å². The Balaban J connectivity index is 0.000000396. The van der Waals surface area contributed by atoms with Gasteiger partial charge in [-0.05, 0) is 25.0 Å². The van der Waals surface area contributed by atoms with Crippen LogP contribution in [0.4, 0.5) is 5.69 Å². The van der Waals surface area contributed by atoms with Crippen LogP contribution in [-0.2, 0) is 15.6 Å². The molecule has 1 aliphatic carbocycles. The Morgan fingerprint density at radius 1 is 1.36 bits per heavy atom. The fraction of sp³-hybridized carbons (Fsp3) is 0.571. The summed E-state index contributed by atoms with van der Waals surface area (Å²) in [5.41, 5.74) is 0.992. The van der Waals surface area contributed by atoms with Crippen LogP contribution in [0.15, 0.2) is 24.3 Å². The molecule has 1 unspecified atom stereocenters. The number of hydrogen-bond donors (Lipinski definition) is 3. The van der Waals surface area contributed by atoms with Crippen molar-refractivity contribution in [3.63, 3.8) is 0 Å². The minimum atomic E-state index is -2.62. The number of nitrogens with two attached hydrogens (primary N) is 1. The van der Waals surface area contributed by atoms with E-state index in [1.165, 1.54) is 12.8 Å². The van der Waals surface area contributed by atoms with Gasteiger partial charge in [-0.25, -0.2) is 13.6 Å². The maximum Gasteiger partial charge on any atom is 0.198 e. The third kappa shape index (κ3) is 6.10. The standard InChI is InChI=1S/C14H19ClN2O.H3NO2S/c15-13-3-1-2-4-14(13)16-9-12-10-17(7-8-18-12)11-5-6-11;1-4(2)3/h1-4,11-12,16H,5-10H2;4H,(H2,1,2,3). The summed E-state index contributed by atoms with van der Waals surface area (Å²) in [6.45, 7) is 3.81. The summed E-state index contributed by atoms with van der Waals surface area (Å²) in [5, 5.41) is 8.21. The Morgan fingerprint density at radius 3 is 2.68 bits per heavy atom. The average molecular weight is 348 g/mol. The molecule has 0 spiro atoms. The van der Waals surface area contributed by atoms with Crippen LogP contribution in [0.2, 0.25) is 5.02 Å². The minimum absolute atomic E-state index is 0.274. The minimum Gasteiger partial charge on any atom is -0.381 e. The highest BCUT2D eigenvalue weighted by molar-refractivity contribution is 7.69. The lowest BCUT2D eigenvalue weighted by Gasteiger charge is -2.33. The first-order valence-corrected chi connectivity index (χ1v) is 8.92. The first-order valence-electron chi connectivity index (χ1n) is 7.29. The molecular weight excluding hydrogens is 326 g/mol. The molecule has 0 bridgehead atoms. The van der Waals surface area contributed by atoms with Crippen LogP contribution in [0, 0.1) is 0 Å². The fourth-order valence-electron chi connectivity index (χ4n) is 2.47. The SMILES string of the molecule is Clc1ccccc1NCC1CN(C2CC2)CCO1.N[SH](=O)=O. The summed E-state index contributed by atoms with van der Waals surface area (Å²) in [5.74, 6) is 0. The van der Waals surface area contributed by atoms with Crippen molar-refractivity contribution < 1.29 is 13.2 Å². The van der Waals surface area contributed by atoms with Crippen LogP contribution in [0.1, 0.15) is 12.8 Å². The Labute approximate surface area is 137 Å². The first kappa shape index (κ1) is 17.5. The Morgan fingerprint density at radius 2 is 2.05 bits per heavy atom. The summed E-state index contributed by atoms with van der Waals surface area (Å²) in [6, 6.07) is 8.68. The van der Waals surface area contributed by atoms with Crippen molar-refractivity contribution in [3.8, 4) is 0 Å². The van der Waals surface area contributed by atoms with E-state index < -0.39 is 10.9 Å². The van der Waals surface area contributed by atoms with Crippen LogP contribution in [0.3, 0.4) is 0 Å². The molecule has 2 fully saturated rings. The topological polar surface area (TPSA) is 84.7 Å². The van der Waals surface area contributed by atoms with E-state index in [9.17, 15) is 0 Å². The van der Waals surface area contributed by atoms with E-state index >= 15 is 0 Å². The molecule has 1 heterocycles. The van der Waals surface area contributed by atoms with E-state index in [0.29, 0.717) is 0 Å². The van der Waals surface area contributed by atoms with E-state index in [0.717, 1.165) is 43.0 Å². The van der Waals surface area contributed by atoms with Gasteiger partial charge in [0.05, 0.1) is 23.4 Å². The Hall–Kier alpha value is -0.860. The molecule has 124 valence electrons. The van der Waals surface area contributed by atoms with Crippen LogP contribution >= 0.6 is 11.6 Å². The van der Waals surface area contributed by atoms with Crippen LogP contribution in [0.25, 0.3) is 0 Å². The summed E-state index contributed by atoms with van der Waals surface area (Å²) < 4.78 is 23.4. The maximum absolute atomic E-state index is 8.81. The fourth-order valence-corrected chi connectivity index (χ4v) is 2.67. The van der Waals surface area contributed by atoms with Crippen LogP contribution < -0.4 is 10.5 Å². The summed E-state index contributed by atoms with van der Waals surface area (Å²) in [4.78, 5) is 2.56. The average Bonchev–Trinajstić information content (AvgIpc) is 3.31. The van der Waals surface area contributed by atoms with Gasteiger partial charge < -0.3 is 10.1 Å². The quantitative estimate of drug-likeness (QED) is 0.710. The molecule has 1 atom stereocenters. The van der Waals surface area contributed by atoms with Gasteiger partial charge in [0.25, 0.3) is 0 Å². The van der Waals surface area contributed by atoms with Gasteiger partial charge in [-0.1, -0.05) is 23.7 Å². The van der Waals surface area contributed by atoms with E-state index in [1.807, 2.05) is 24.3 Å². The smallest absolute Gasteiger partial charge is 0.198 e. The molecule has 8 heteroatoms. The van der Waals surface area contributed by atoms with Gasteiger partial charge in [-0.15, -0.1) is 0 Å². The molecular formula is C14H22ClN3O3S. The van der Waals surface area contributed by atoms with E-state index in [2.05, 4.69) is 15.4 Å². The van der Waals surface area contributed by atoms with E-state index in [1.54, 1.807) is 0 Å². The summed E-state index contributed by atoms with van der Waals surface area (Å²) >= 11 is 6.12. The molecule has 3 rings (SSSR count). The van der Waals surface area contributed by atoms with Gasteiger partial charge in [0.15, 0.2) is 10.9 Å². The highest BCUT2D eigenvalue weighted by Crippen LogP contribution is 2.28. The number of anilines is 1. The van der Waals surface area contributed by atoms with Gasteiger partial charge in [0.1, 0.15) is 0 Å². The van der Waals surface area contributed by atoms with Gasteiger partial charge in [0.2, 0.25) is 0 Å². The van der Waals surface area contributed by atoms with E-state index in [4.69, 9.17) is 24.8 Å². The van der Waals surface area contributed by atoms with Crippen molar-refractivity contribution in [1.29, 1.82) is 0 Å². The number of ether oxygens (including phenoxy) is 1. The Bertz CT molecular complexity index is 544. The number of rotatable bonds is 4. The second-order valence-corrected chi connectivity index (χ2v) is 6.34. The number of nitrogens with zero attached hydrogens (tertiary/aromatic N) is 1. The largest absolute Gasteiger partial charge is 0.381 e. The number of thiol groups is 1. The molecule has 2 aliphatic rings. The second-order valence-electron chi connectivity index (χ2n) is 5.37. The number of morpholine rings is 1. The monoisotopic (exact) mass is 347 g/mol. The molecule has 1 aromatic rings. The lowest BCUT2D eigenvalue weighted by molar-refractivity contribution is -0.0241. The third-order valence-electron chi connectivity index (χ3n) is 3.63. The zero-order valence-electron chi connectivity index (χ0n) is 12.3. The van der Waals surface area contributed by atoms with Crippen molar-refractivity contribution in [2.75, 3.05) is 31.6 Å². The number of hydrogen-bond acceptors (Lipinski definition) is 5. The number of halogens is 1. The summed E-state index contributed by atoms with van der Waals surface area (Å²) in [6.07, 6.45) is 3.01. The van der Waals surface area contributed by atoms with Crippen LogP contribution in [-0.4, -0.2) is 51.7 Å². The molecule has 1 aliphatic heterocycles. The second kappa shape index (κ2) is 8.69. The van der Waals surface area contributed by atoms with Gasteiger partial charge >= 0.3 is 0 Å². The molecule has 0 aromatic heterocycles. The molecule has 6 nitrogen and oxygen atoms in total. The zero-order chi connectivity index (χ0) is 15.9. The van der Waals surface area contributed by atoms with Gasteiger partial charge in [-0.2, -0.15) is 0 Å². The highest BCUT2D eigenvalue weighted by Gasteiger charge is 2.32. The highest BCUT2D eigenvalue weighted by atomic mass is 35.5. The maximum atomic E-state index is 8.81. The molecule has 22 heavy (non-hydrogen) atoms. The first-order chi connectivity index (χ1) is 10.6. The lowest BCUT2D eigenvalue weighted by atomic mass is 10.2. The van der Waals surface area contributed by atoms with Crippen molar-refractivity contribution in [2.45, 2.75) is 25.0 Å². The molecule has 3 N–H and O–H groups in total. The molecule has 1 aromatic carbocycles. The third-order valence-corrected chi connectivity index (χ3v) is 3.96. The summed E-state index contributed by atoms with van der Waals surface area (Å²) in [7, 11) is -2.62. The van der Waals surface area contributed by atoms with Crippen LogP contribution in [0.5, 0.6) is 0 Å². The molecule has 1 saturated carbocycles. The molecule has 0 amide bonds. The normalized spacial score (nSPS) is 22.0. The predicted octanol–water partition coefficient (Wildman–Crippen LogP) is 1.09. The van der Waals surface area contributed by atoms with Crippen molar-refractivity contribution >= 4 is 28.2 Å². The van der Waals surface area contributed by atoms with Crippen molar-refractivity contribution in [2.24, 2.45) is 5.14 Å². The molecule has 1 saturated heterocycles. The van der Waals surface area contributed by atoms with Crippen molar-refractivity contribution in [3.05, 3.63) is 29.3 Å². The van der Waals surface area contributed by atoms with E-state index in [-0.39, 0.29) is 6.10 Å². The predicted molar refractivity (Wildman–Crippen MR) is 88.8 cm³/mol. The zero-order valence-corrected chi connectivity index (χ0v) is 13.9. The molecule has 0 radical (unpaired) electrons. The number of nitrogens with one attached hydrogen (secondary N) is 1. The number of para-hydroxylation sites is 1. The Kier molecular flexibility index (Phi) is 6.91. The number of benzene rings is 1. The van der Waals surface area contributed by atoms with Crippen molar-refractivity contribution in [1.82, 2.24) is 4.90 Å². The lowest BCUT2D eigenvalue weighted by Crippen LogP contribution is -2.46.